The van der Waals surface area contributed by atoms with Gasteiger partial charge >= 0.3 is 5.97 Å². The van der Waals surface area contributed by atoms with E-state index in [0.717, 1.165) is 0 Å². The van der Waals surface area contributed by atoms with Gasteiger partial charge in [0, 0.05) is 5.70 Å². The molecule has 7 heteroatoms. The Balaban J connectivity index is 2.16. The van der Waals surface area contributed by atoms with E-state index in [-0.39, 0.29) is 22.6 Å². The molecule has 1 aliphatic rings. The molecule has 28 heavy (non-hydrogen) atoms. The number of halogens is 1. The maximum atomic E-state index is 13.2. The van der Waals surface area contributed by atoms with E-state index in [0.29, 0.717) is 22.0 Å². The number of anilines is 1. The van der Waals surface area contributed by atoms with Crippen molar-refractivity contribution in [3.8, 4) is 11.5 Å². The normalized spacial score (nSPS) is 15.4. The number of rotatable bonds is 4. The maximum absolute atomic E-state index is 13.2. The second kappa shape index (κ2) is 7.78. The summed E-state index contributed by atoms with van der Waals surface area (Å²) < 4.78 is 9.99. The first-order chi connectivity index (χ1) is 13.4. The zero-order valence-corrected chi connectivity index (χ0v) is 16.3. The van der Waals surface area contributed by atoms with Crippen LogP contribution in [0.1, 0.15) is 12.5 Å². The van der Waals surface area contributed by atoms with Gasteiger partial charge in [0.15, 0.2) is 11.5 Å². The number of para-hydroxylation sites is 1. The molecule has 6 nitrogen and oxygen atoms in total. The number of aromatic hydroxyl groups is 1. The Labute approximate surface area is 167 Å². The molecule has 1 heterocycles. The zero-order valence-electron chi connectivity index (χ0n) is 15.5. The van der Waals surface area contributed by atoms with Gasteiger partial charge in [-0.1, -0.05) is 29.8 Å². The Morgan fingerprint density at radius 1 is 1.18 bits per heavy atom. The Hall–Kier alpha value is -3.25. The van der Waals surface area contributed by atoms with Crippen LogP contribution in [-0.2, 0) is 14.3 Å². The number of hydrogen-bond acceptors (Lipinski definition) is 5. The van der Waals surface area contributed by atoms with Crippen molar-refractivity contribution in [1.29, 1.82) is 0 Å². The molecular weight excluding hydrogens is 382 g/mol. The number of phenols is 1. The average molecular weight is 400 g/mol. The monoisotopic (exact) mass is 399 g/mol. The van der Waals surface area contributed by atoms with Crippen molar-refractivity contribution in [1.82, 2.24) is 0 Å². The Kier molecular flexibility index (Phi) is 5.42. The fraction of sp³-hybridized carbons (Fsp3) is 0.143. The van der Waals surface area contributed by atoms with Gasteiger partial charge in [0.25, 0.3) is 5.91 Å². The number of benzene rings is 2. The van der Waals surface area contributed by atoms with Crippen LogP contribution in [0.4, 0.5) is 5.69 Å². The third kappa shape index (κ3) is 3.34. The highest BCUT2D eigenvalue weighted by Crippen LogP contribution is 2.38. The van der Waals surface area contributed by atoms with Gasteiger partial charge < -0.3 is 14.6 Å². The number of phenolic OH excluding ortho intramolecular Hbond substituents is 1. The van der Waals surface area contributed by atoms with Gasteiger partial charge in [-0.25, -0.2) is 4.79 Å². The van der Waals surface area contributed by atoms with E-state index in [9.17, 15) is 14.7 Å². The number of methoxy groups -OCH3 is 2. The standard InChI is InChI=1S/C21H18ClNO5/c1-12-19(21(26)28-3)14(10-13-8-9-17(24)18(11-13)27-2)20(25)23(12)16-7-5-4-6-15(16)22/h4-11,24H,1-3H3/b14-10-. The molecule has 0 fully saturated rings. The Bertz CT molecular complexity index is 1030. The van der Waals surface area contributed by atoms with E-state index in [1.54, 1.807) is 49.4 Å². The van der Waals surface area contributed by atoms with Gasteiger partial charge in [0.05, 0.1) is 36.1 Å². The summed E-state index contributed by atoms with van der Waals surface area (Å²) in [5, 5.41) is 10.2. The van der Waals surface area contributed by atoms with Crippen molar-refractivity contribution in [2.45, 2.75) is 6.92 Å². The molecule has 1 amide bonds. The molecule has 0 atom stereocenters. The minimum Gasteiger partial charge on any atom is -0.504 e. The van der Waals surface area contributed by atoms with Crippen LogP contribution in [0.15, 0.2) is 59.3 Å². The number of hydrogen-bond donors (Lipinski definition) is 1. The number of carbonyl (C=O) groups excluding carboxylic acids is 2. The summed E-state index contributed by atoms with van der Waals surface area (Å²) in [6.45, 7) is 1.66. The zero-order chi connectivity index (χ0) is 20.4. The summed E-state index contributed by atoms with van der Waals surface area (Å²) in [5.41, 5.74) is 1.78. The molecule has 0 unspecified atom stereocenters. The van der Waals surface area contributed by atoms with Crippen LogP contribution >= 0.6 is 11.6 Å². The highest BCUT2D eigenvalue weighted by Gasteiger charge is 2.38. The Morgan fingerprint density at radius 3 is 2.54 bits per heavy atom. The lowest BCUT2D eigenvalue weighted by Gasteiger charge is -2.19. The molecule has 2 aromatic rings. The van der Waals surface area contributed by atoms with Gasteiger partial charge in [-0.2, -0.15) is 0 Å². The molecule has 0 aromatic heterocycles. The van der Waals surface area contributed by atoms with Gasteiger partial charge in [-0.15, -0.1) is 0 Å². The SMILES string of the molecule is COC(=O)C1=C(C)N(c2ccccc2Cl)C(=O)/C1=C\c1ccc(O)c(OC)c1. The van der Waals surface area contributed by atoms with Crippen molar-refractivity contribution in [2.24, 2.45) is 0 Å². The van der Waals surface area contributed by atoms with E-state index in [1.807, 2.05) is 0 Å². The maximum Gasteiger partial charge on any atom is 0.340 e. The number of esters is 1. The summed E-state index contributed by atoms with van der Waals surface area (Å²) in [4.78, 5) is 27.0. The van der Waals surface area contributed by atoms with Crippen LogP contribution < -0.4 is 9.64 Å². The number of amides is 1. The van der Waals surface area contributed by atoms with E-state index in [1.165, 1.54) is 25.2 Å². The van der Waals surface area contributed by atoms with Crippen LogP contribution in [0.3, 0.4) is 0 Å². The molecule has 3 rings (SSSR count). The highest BCUT2D eigenvalue weighted by atomic mass is 35.5. The Morgan fingerprint density at radius 2 is 1.89 bits per heavy atom. The van der Waals surface area contributed by atoms with Crippen molar-refractivity contribution in [3.05, 3.63) is 69.9 Å². The van der Waals surface area contributed by atoms with Gasteiger partial charge in [-0.05, 0) is 42.8 Å². The first kappa shape index (κ1) is 19.5. The van der Waals surface area contributed by atoms with E-state index < -0.39 is 11.9 Å². The van der Waals surface area contributed by atoms with Crippen LogP contribution in [-0.4, -0.2) is 31.2 Å². The molecule has 144 valence electrons. The third-order valence-electron chi connectivity index (χ3n) is 4.40. The molecule has 0 radical (unpaired) electrons. The summed E-state index contributed by atoms with van der Waals surface area (Å²) in [6.07, 6.45) is 1.55. The van der Waals surface area contributed by atoms with Crippen LogP contribution in [0.5, 0.6) is 11.5 Å². The van der Waals surface area contributed by atoms with Crippen molar-refractivity contribution < 1.29 is 24.2 Å². The van der Waals surface area contributed by atoms with Crippen molar-refractivity contribution >= 4 is 35.2 Å². The minimum atomic E-state index is -0.627. The van der Waals surface area contributed by atoms with Crippen LogP contribution in [0.25, 0.3) is 6.08 Å². The number of allylic oxidation sites excluding steroid dienone is 1. The molecule has 0 saturated carbocycles. The second-order valence-electron chi connectivity index (χ2n) is 6.03. The second-order valence-corrected chi connectivity index (χ2v) is 6.44. The number of nitrogens with zero attached hydrogens (tertiary/aromatic N) is 1. The number of carbonyl (C=O) groups is 2. The molecule has 0 bridgehead atoms. The molecule has 0 spiro atoms. The molecule has 1 aliphatic heterocycles. The summed E-state index contributed by atoms with van der Waals surface area (Å²) in [6, 6.07) is 11.5. The molecule has 2 aromatic carbocycles. The van der Waals surface area contributed by atoms with Gasteiger partial charge in [0.1, 0.15) is 0 Å². The third-order valence-corrected chi connectivity index (χ3v) is 4.72. The number of ether oxygens (including phenoxy) is 2. The highest BCUT2D eigenvalue weighted by molar-refractivity contribution is 6.35. The molecular formula is C21H18ClNO5. The lowest BCUT2D eigenvalue weighted by Crippen LogP contribution is -2.24. The average Bonchev–Trinajstić information content (AvgIpc) is 2.93. The topological polar surface area (TPSA) is 76.1 Å². The minimum absolute atomic E-state index is 0.0278. The predicted octanol–water partition coefficient (Wildman–Crippen LogP) is 3.93. The van der Waals surface area contributed by atoms with Crippen molar-refractivity contribution in [2.75, 3.05) is 19.1 Å². The van der Waals surface area contributed by atoms with Gasteiger partial charge in [0.2, 0.25) is 0 Å². The van der Waals surface area contributed by atoms with Gasteiger partial charge in [-0.3, -0.25) is 9.69 Å². The van der Waals surface area contributed by atoms with E-state index >= 15 is 0 Å². The summed E-state index contributed by atoms with van der Waals surface area (Å²) in [5.74, 6) is -0.807. The quantitative estimate of drug-likeness (QED) is 0.622. The fourth-order valence-electron chi connectivity index (χ4n) is 3.05. The first-order valence-electron chi connectivity index (χ1n) is 8.36. The lowest BCUT2D eigenvalue weighted by atomic mass is 10.0. The first-order valence-corrected chi connectivity index (χ1v) is 8.74. The summed E-state index contributed by atoms with van der Waals surface area (Å²) in [7, 11) is 2.68. The largest absolute Gasteiger partial charge is 0.504 e. The molecule has 1 N–H and O–H groups in total. The summed E-state index contributed by atoms with van der Waals surface area (Å²) >= 11 is 6.26. The lowest BCUT2D eigenvalue weighted by molar-refractivity contribution is -0.136. The molecule has 0 saturated heterocycles. The fourth-order valence-corrected chi connectivity index (χ4v) is 3.27. The molecule has 0 aliphatic carbocycles. The van der Waals surface area contributed by atoms with E-state index in [4.69, 9.17) is 21.1 Å². The van der Waals surface area contributed by atoms with Crippen LogP contribution in [0, 0.1) is 0 Å². The van der Waals surface area contributed by atoms with Crippen molar-refractivity contribution in [3.63, 3.8) is 0 Å². The smallest absolute Gasteiger partial charge is 0.340 e. The van der Waals surface area contributed by atoms with Crippen LogP contribution in [0.2, 0.25) is 5.02 Å². The predicted molar refractivity (Wildman–Crippen MR) is 106 cm³/mol. The van der Waals surface area contributed by atoms with E-state index in [2.05, 4.69) is 0 Å².